The molecule has 0 aliphatic rings. The maximum Gasteiger partial charge on any atom is 0.0736 e. The highest BCUT2D eigenvalue weighted by atomic mass is 16.5. The predicted octanol–water partition coefficient (Wildman–Crippen LogP) is 4.66. The molecule has 0 aliphatic heterocycles. The largest absolute Gasteiger partial charge is 0.382 e. The number of hydrogen-bond donors (Lipinski definition) is 1. The normalized spacial score (nSPS) is 12.1. The second kappa shape index (κ2) is 8.48. The standard InChI is InChI=1S/C19H25NO/c1-3-18(14-16-10-6-5-7-11-16)20-19-13-9-8-12-17(19)15-21-4-2/h5-13,18,20H,3-4,14-15H2,1-2H3. The minimum atomic E-state index is 0.440. The van der Waals surface area contributed by atoms with Crippen LogP contribution in [0, 0.1) is 0 Å². The van der Waals surface area contributed by atoms with Gasteiger partial charge >= 0.3 is 0 Å². The Balaban J connectivity index is 2.04. The maximum atomic E-state index is 5.55. The molecule has 1 unspecified atom stereocenters. The molecule has 0 fully saturated rings. The first-order chi connectivity index (χ1) is 10.3. The summed E-state index contributed by atoms with van der Waals surface area (Å²) in [5.41, 5.74) is 3.79. The lowest BCUT2D eigenvalue weighted by Crippen LogP contribution is -2.22. The summed E-state index contributed by atoms with van der Waals surface area (Å²) in [6, 6.07) is 19.5. The van der Waals surface area contributed by atoms with E-state index < -0.39 is 0 Å². The number of hydrogen-bond acceptors (Lipinski definition) is 2. The maximum absolute atomic E-state index is 5.55. The smallest absolute Gasteiger partial charge is 0.0736 e. The summed E-state index contributed by atoms with van der Waals surface area (Å²) >= 11 is 0. The zero-order valence-corrected chi connectivity index (χ0v) is 13.0. The van der Waals surface area contributed by atoms with E-state index in [4.69, 9.17) is 4.74 Å². The van der Waals surface area contributed by atoms with Crippen LogP contribution in [-0.2, 0) is 17.8 Å². The Labute approximate surface area is 128 Å². The fourth-order valence-corrected chi connectivity index (χ4v) is 2.41. The van der Waals surface area contributed by atoms with Crippen LogP contribution in [0.15, 0.2) is 54.6 Å². The summed E-state index contributed by atoms with van der Waals surface area (Å²) in [5.74, 6) is 0. The highest BCUT2D eigenvalue weighted by Gasteiger charge is 2.09. The number of anilines is 1. The fraction of sp³-hybridized carbons (Fsp3) is 0.368. The van der Waals surface area contributed by atoms with E-state index in [0.29, 0.717) is 12.6 Å². The van der Waals surface area contributed by atoms with Crippen LogP contribution in [0.2, 0.25) is 0 Å². The lowest BCUT2D eigenvalue weighted by Gasteiger charge is -2.20. The molecular weight excluding hydrogens is 258 g/mol. The molecule has 0 radical (unpaired) electrons. The average molecular weight is 283 g/mol. The number of nitrogens with one attached hydrogen (secondary N) is 1. The third kappa shape index (κ3) is 4.91. The van der Waals surface area contributed by atoms with Crippen molar-refractivity contribution in [3.05, 3.63) is 65.7 Å². The Morgan fingerprint density at radius 3 is 2.38 bits per heavy atom. The van der Waals surface area contributed by atoms with E-state index in [1.54, 1.807) is 0 Å². The second-order valence-electron chi connectivity index (χ2n) is 5.23. The van der Waals surface area contributed by atoms with Gasteiger partial charge in [0.25, 0.3) is 0 Å². The van der Waals surface area contributed by atoms with Gasteiger partial charge in [0, 0.05) is 23.9 Å². The average Bonchev–Trinajstić information content (AvgIpc) is 2.54. The number of ether oxygens (including phenoxy) is 1. The van der Waals surface area contributed by atoms with Gasteiger partial charge in [-0.3, -0.25) is 0 Å². The van der Waals surface area contributed by atoms with Crippen molar-refractivity contribution in [1.82, 2.24) is 0 Å². The van der Waals surface area contributed by atoms with Crippen LogP contribution in [0.25, 0.3) is 0 Å². The van der Waals surface area contributed by atoms with Gasteiger partial charge in [-0.2, -0.15) is 0 Å². The molecule has 1 N–H and O–H groups in total. The Bertz CT molecular complexity index is 524. The van der Waals surface area contributed by atoms with Crippen molar-refractivity contribution in [2.24, 2.45) is 0 Å². The van der Waals surface area contributed by atoms with Gasteiger partial charge in [0.05, 0.1) is 6.61 Å². The summed E-state index contributed by atoms with van der Waals surface area (Å²) in [5, 5.41) is 3.67. The molecular formula is C19H25NO. The lowest BCUT2D eigenvalue weighted by atomic mass is 10.0. The molecule has 0 bridgehead atoms. The Morgan fingerprint density at radius 2 is 1.67 bits per heavy atom. The fourth-order valence-electron chi connectivity index (χ4n) is 2.41. The number of benzene rings is 2. The van der Waals surface area contributed by atoms with E-state index in [1.807, 2.05) is 6.92 Å². The molecule has 0 aliphatic carbocycles. The molecule has 21 heavy (non-hydrogen) atoms. The van der Waals surface area contributed by atoms with Crippen molar-refractivity contribution < 1.29 is 4.74 Å². The van der Waals surface area contributed by atoms with Crippen LogP contribution in [0.5, 0.6) is 0 Å². The van der Waals surface area contributed by atoms with Crippen molar-refractivity contribution >= 4 is 5.69 Å². The van der Waals surface area contributed by atoms with Gasteiger partial charge in [0.2, 0.25) is 0 Å². The minimum absolute atomic E-state index is 0.440. The molecule has 0 heterocycles. The molecule has 2 aromatic carbocycles. The molecule has 0 saturated heterocycles. The lowest BCUT2D eigenvalue weighted by molar-refractivity contribution is 0.134. The van der Waals surface area contributed by atoms with Crippen LogP contribution >= 0.6 is 0 Å². The molecule has 0 aromatic heterocycles. The Kier molecular flexibility index (Phi) is 6.29. The second-order valence-corrected chi connectivity index (χ2v) is 5.23. The van der Waals surface area contributed by atoms with Crippen molar-refractivity contribution in [3.63, 3.8) is 0 Å². The van der Waals surface area contributed by atoms with Crippen LogP contribution in [-0.4, -0.2) is 12.6 Å². The molecule has 0 amide bonds. The van der Waals surface area contributed by atoms with Crippen LogP contribution in [0.4, 0.5) is 5.69 Å². The van der Waals surface area contributed by atoms with Crippen molar-refractivity contribution in [2.45, 2.75) is 39.3 Å². The molecule has 2 aromatic rings. The Morgan fingerprint density at radius 1 is 0.952 bits per heavy atom. The summed E-state index contributed by atoms with van der Waals surface area (Å²) < 4.78 is 5.55. The number of para-hydroxylation sites is 1. The molecule has 2 rings (SSSR count). The highest BCUT2D eigenvalue weighted by molar-refractivity contribution is 5.51. The zero-order valence-electron chi connectivity index (χ0n) is 13.0. The first-order valence-electron chi connectivity index (χ1n) is 7.79. The third-order valence-electron chi connectivity index (χ3n) is 3.66. The first kappa shape index (κ1) is 15.6. The highest BCUT2D eigenvalue weighted by Crippen LogP contribution is 2.19. The predicted molar refractivity (Wildman–Crippen MR) is 89.6 cm³/mol. The summed E-state index contributed by atoms with van der Waals surface area (Å²) in [7, 11) is 0. The quantitative estimate of drug-likeness (QED) is 0.761. The molecule has 2 nitrogen and oxygen atoms in total. The van der Waals surface area contributed by atoms with Gasteiger partial charge in [-0.1, -0.05) is 55.5 Å². The van der Waals surface area contributed by atoms with Gasteiger partial charge in [0.15, 0.2) is 0 Å². The van der Waals surface area contributed by atoms with E-state index in [0.717, 1.165) is 19.4 Å². The van der Waals surface area contributed by atoms with E-state index in [9.17, 15) is 0 Å². The molecule has 2 heteroatoms. The minimum Gasteiger partial charge on any atom is -0.382 e. The summed E-state index contributed by atoms with van der Waals surface area (Å²) in [6.45, 7) is 5.67. The van der Waals surface area contributed by atoms with E-state index in [-0.39, 0.29) is 0 Å². The van der Waals surface area contributed by atoms with E-state index in [1.165, 1.54) is 16.8 Å². The number of rotatable bonds is 8. The van der Waals surface area contributed by atoms with Crippen LogP contribution in [0.1, 0.15) is 31.4 Å². The van der Waals surface area contributed by atoms with Gasteiger partial charge in [-0.15, -0.1) is 0 Å². The van der Waals surface area contributed by atoms with E-state index >= 15 is 0 Å². The third-order valence-corrected chi connectivity index (χ3v) is 3.66. The first-order valence-corrected chi connectivity index (χ1v) is 7.79. The molecule has 112 valence electrons. The van der Waals surface area contributed by atoms with Crippen molar-refractivity contribution in [2.75, 3.05) is 11.9 Å². The molecule has 0 saturated carbocycles. The summed E-state index contributed by atoms with van der Waals surface area (Å²) in [4.78, 5) is 0. The molecule has 0 spiro atoms. The SMILES string of the molecule is CCOCc1ccccc1NC(CC)Cc1ccccc1. The van der Waals surface area contributed by atoms with Crippen LogP contribution in [0.3, 0.4) is 0 Å². The van der Waals surface area contributed by atoms with Gasteiger partial charge in [0.1, 0.15) is 0 Å². The summed E-state index contributed by atoms with van der Waals surface area (Å²) in [6.07, 6.45) is 2.14. The van der Waals surface area contributed by atoms with Crippen molar-refractivity contribution in [3.8, 4) is 0 Å². The van der Waals surface area contributed by atoms with E-state index in [2.05, 4.69) is 66.8 Å². The Hall–Kier alpha value is -1.80. The van der Waals surface area contributed by atoms with Gasteiger partial charge in [-0.25, -0.2) is 0 Å². The monoisotopic (exact) mass is 283 g/mol. The zero-order chi connectivity index (χ0) is 14.9. The van der Waals surface area contributed by atoms with Gasteiger partial charge < -0.3 is 10.1 Å². The van der Waals surface area contributed by atoms with Crippen LogP contribution < -0.4 is 5.32 Å². The topological polar surface area (TPSA) is 21.3 Å². The van der Waals surface area contributed by atoms with Crippen molar-refractivity contribution in [1.29, 1.82) is 0 Å². The molecule has 1 atom stereocenters. The van der Waals surface area contributed by atoms with Gasteiger partial charge in [-0.05, 0) is 31.4 Å².